The summed E-state index contributed by atoms with van der Waals surface area (Å²) in [6.07, 6.45) is 4.71. The number of benzene rings is 2. The SMILES string of the molecule is C=CCNS(=O)(=O)c1ccc(NC(=S)NC(=O)c2ccc(OCCCCC)cc2)cc1. The number of carbonyl (C=O) groups excluding carboxylic acids is 1. The molecule has 0 atom stereocenters. The van der Waals surface area contributed by atoms with Gasteiger partial charge in [0.2, 0.25) is 10.0 Å². The normalized spacial score (nSPS) is 10.9. The summed E-state index contributed by atoms with van der Waals surface area (Å²) in [7, 11) is -3.60. The number of nitrogens with one attached hydrogen (secondary N) is 3. The van der Waals surface area contributed by atoms with E-state index in [0.29, 0.717) is 23.6 Å². The largest absolute Gasteiger partial charge is 0.494 e. The number of carbonyl (C=O) groups is 1. The van der Waals surface area contributed by atoms with Crippen LogP contribution < -0.4 is 20.1 Å². The fraction of sp³-hybridized carbons (Fsp3) is 0.273. The molecule has 0 aromatic heterocycles. The number of anilines is 1. The van der Waals surface area contributed by atoms with Gasteiger partial charge in [-0.2, -0.15) is 0 Å². The Morgan fingerprint density at radius 3 is 2.39 bits per heavy atom. The molecular formula is C22H27N3O4S2. The molecule has 7 nitrogen and oxygen atoms in total. The van der Waals surface area contributed by atoms with Gasteiger partial charge in [0.05, 0.1) is 11.5 Å². The van der Waals surface area contributed by atoms with Crippen LogP contribution in [0.1, 0.15) is 36.5 Å². The van der Waals surface area contributed by atoms with Crippen LogP contribution in [0.25, 0.3) is 0 Å². The van der Waals surface area contributed by atoms with Gasteiger partial charge in [-0.3, -0.25) is 10.1 Å². The third-order valence-electron chi connectivity index (χ3n) is 4.20. The Morgan fingerprint density at radius 2 is 1.77 bits per heavy atom. The van der Waals surface area contributed by atoms with Gasteiger partial charge in [-0.25, -0.2) is 13.1 Å². The fourth-order valence-electron chi connectivity index (χ4n) is 2.55. The van der Waals surface area contributed by atoms with Crippen molar-refractivity contribution in [3.8, 4) is 5.75 Å². The van der Waals surface area contributed by atoms with E-state index in [1.807, 2.05) is 0 Å². The molecule has 0 radical (unpaired) electrons. The van der Waals surface area contributed by atoms with Crippen molar-refractivity contribution < 1.29 is 17.9 Å². The minimum atomic E-state index is -3.60. The van der Waals surface area contributed by atoms with Gasteiger partial charge >= 0.3 is 0 Å². The molecule has 0 aliphatic rings. The van der Waals surface area contributed by atoms with Gasteiger partial charge in [-0.15, -0.1) is 6.58 Å². The Hall–Kier alpha value is -2.75. The van der Waals surface area contributed by atoms with E-state index in [-0.39, 0.29) is 22.5 Å². The maximum absolute atomic E-state index is 12.4. The summed E-state index contributed by atoms with van der Waals surface area (Å²) >= 11 is 5.17. The highest BCUT2D eigenvalue weighted by atomic mass is 32.2. The number of rotatable bonds is 11. The second kappa shape index (κ2) is 12.2. The molecular weight excluding hydrogens is 434 g/mol. The van der Waals surface area contributed by atoms with Crippen LogP contribution in [0, 0.1) is 0 Å². The molecule has 2 rings (SSSR count). The van der Waals surface area contributed by atoms with Gasteiger partial charge in [0.1, 0.15) is 5.75 Å². The highest BCUT2D eigenvalue weighted by Gasteiger charge is 2.13. The van der Waals surface area contributed by atoms with Crippen molar-refractivity contribution in [2.45, 2.75) is 31.1 Å². The standard InChI is InChI=1S/C22H27N3O4S2/c1-3-5-6-16-29-19-11-7-17(8-12-19)21(26)25-22(30)24-18-9-13-20(14-10-18)31(27,28)23-15-4-2/h4,7-14,23H,2-3,5-6,15-16H2,1H3,(H2,24,25,26,30). The van der Waals surface area contributed by atoms with Gasteiger partial charge in [0.25, 0.3) is 5.91 Å². The molecule has 0 saturated carbocycles. The van der Waals surface area contributed by atoms with E-state index < -0.39 is 10.0 Å². The molecule has 9 heteroatoms. The van der Waals surface area contributed by atoms with Gasteiger partial charge in [0.15, 0.2) is 5.11 Å². The number of amides is 1. The first-order valence-corrected chi connectivity index (χ1v) is 11.8. The fourth-order valence-corrected chi connectivity index (χ4v) is 3.76. The van der Waals surface area contributed by atoms with Crippen molar-refractivity contribution in [1.82, 2.24) is 10.0 Å². The third kappa shape index (κ3) is 8.12. The second-order valence-corrected chi connectivity index (χ2v) is 8.83. The van der Waals surface area contributed by atoms with E-state index in [2.05, 4.69) is 28.9 Å². The summed E-state index contributed by atoms with van der Waals surface area (Å²) in [5, 5.41) is 5.56. The lowest BCUT2D eigenvalue weighted by molar-refractivity contribution is 0.0977. The molecule has 166 valence electrons. The molecule has 0 spiro atoms. The van der Waals surface area contributed by atoms with Crippen molar-refractivity contribution in [2.75, 3.05) is 18.5 Å². The maximum atomic E-state index is 12.4. The second-order valence-electron chi connectivity index (χ2n) is 6.65. The first-order valence-electron chi connectivity index (χ1n) is 9.91. The van der Waals surface area contributed by atoms with Crippen molar-refractivity contribution in [1.29, 1.82) is 0 Å². The highest BCUT2D eigenvalue weighted by molar-refractivity contribution is 7.89. The lowest BCUT2D eigenvalue weighted by Gasteiger charge is -2.11. The van der Waals surface area contributed by atoms with Crippen LogP contribution in [0.4, 0.5) is 5.69 Å². The van der Waals surface area contributed by atoms with Crippen LogP contribution in [-0.4, -0.2) is 32.6 Å². The van der Waals surface area contributed by atoms with Crippen LogP contribution >= 0.6 is 12.2 Å². The van der Waals surface area contributed by atoms with E-state index in [1.165, 1.54) is 18.2 Å². The Kier molecular flexibility index (Phi) is 9.64. The monoisotopic (exact) mass is 461 g/mol. The molecule has 2 aromatic rings. The molecule has 0 aliphatic heterocycles. The molecule has 0 saturated heterocycles. The van der Waals surface area contributed by atoms with Crippen molar-refractivity contribution in [3.05, 3.63) is 66.7 Å². The molecule has 0 unspecified atom stereocenters. The Labute approximate surface area is 188 Å². The molecule has 0 fully saturated rings. The quantitative estimate of drug-likeness (QED) is 0.267. The summed E-state index contributed by atoms with van der Waals surface area (Å²) in [5.74, 6) is 0.355. The molecule has 0 heterocycles. The highest BCUT2D eigenvalue weighted by Crippen LogP contribution is 2.15. The van der Waals surface area contributed by atoms with Crippen molar-refractivity contribution in [3.63, 3.8) is 0 Å². The zero-order valence-electron chi connectivity index (χ0n) is 17.4. The summed E-state index contributed by atoms with van der Waals surface area (Å²) in [4.78, 5) is 12.5. The zero-order valence-corrected chi connectivity index (χ0v) is 19.0. The number of ether oxygens (including phenoxy) is 1. The van der Waals surface area contributed by atoms with Crippen LogP contribution in [0.3, 0.4) is 0 Å². The number of thiocarbonyl (C=S) groups is 1. The summed E-state index contributed by atoms with van der Waals surface area (Å²) in [6, 6.07) is 12.8. The lowest BCUT2D eigenvalue weighted by atomic mass is 10.2. The molecule has 0 bridgehead atoms. The van der Waals surface area contributed by atoms with Gasteiger partial charge in [0, 0.05) is 17.8 Å². The average Bonchev–Trinajstić information content (AvgIpc) is 2.76. The maximum Gasteiger partial charge on any atom is 0.257 e. The summed E-state index contributed by atoms with van der Waals surface area (Å²) in [6.45, 7) is 6.41. The van der Waals surface area contributed by atoms with Crippen LogP contribution in [0.5, 0.6) is 5.75 Å². The predicted octanol–water partition coefficient (Wildman–Crippen LogP) is 3.85. The first kappa shape index (κ1) is 24.5. The van der Waals surface area contributed by atoms with E-state index in [0.717, 1.165) is 19.3 Å². The third-order valence-corrected chi connectivity index (χ3v) is 5.84. The first-order chi connectivity index (χ1) is 14.9. The minimum Gasteiger partial charge on any atom is -0.494 e. The Morgan fingerprint density at radius 1 is 1.10 bits per heavy atom. The van der Waals surface area contributed by atoms with Gasteiger partial charge in [-0.05, 0) is 67.2 Å². The lowest BCUT2D eigenvalue weighted by Crippen LogP contribution is -2.34. The Bertz CT molecular complexity index is 988. The smallest absolute Gasteiger partial charge is 0.257 e. The van der Waals surface area contributed by atoms with E-state index >= 15 is 0 Å². The van der Waals surface area contributed by atoms with E-state index in [9.17, 15) is 13.2 Å². The number of sulfonamides is 1. The molecule has 0 aliphatic carbocycles. The zero-order chi connectivity index (χ0) is 22.7. The molecule has 1 amide bonds. The number of hydrogen-bond acceptors (Lipinski definition) is 5. The van der Waals surface area contributed by atoms with Crippen molar-refractivity contribution in [2.24, 2.45) is 0 Å². The van der Waals surface area contributed by atoms with Crippen molar-refractivity contribution >= 4 is 38.9 Å². The van der Waals surface area contributed by atoms with Crippen LogP contribution in [0.2, 0.25) is 0 Å². The Balaban J connectivity index is 1.87. The predicted molar refractivity (Wildman–Crippen MR) is 127 cm³/mol. The minimum absolute atomic E-state index is 0.102. The summed E-state index contributed by atoms with van der Waals surface area (Å²) in [5.41, 5.74) is 0.989. The molecule has 2 aromatic carbocycles. The average molecular weight is 462 g/mol. The van der Waals surface area contributed by atoms with E-state index in [1.54, 1.807) is 36.4 Å². The van der Waals surface area contributed by atoms with E-state index in [4.69, 9.17) is 17.0 Å². The summed E-state index contributed by atoms with van der Waals surface area (Å²) < 4.78 is 32.2. The van der Waals surface area contributed by atoms with Crippen LogP contribution in [-0.2, 0) is 10.0 Å². The van der Waals surface area contributed by atoms with Crippen LogP contribution in [0.15, 0.2) is 66.1 Å². The molecule has 3 N–H and O–H groups in total. The topological polar surface area (TPSA) is 96.5 Å². The molecule has 31 heavy (non-hydrogen) atoms. The van der Waals surface area contributed by atoms with Gasteiger partial charge < -0.3 is 10.1 Å². The van der Waals surface area contributed by atoms with Gasteiger partial charge in [-0.1, -0.05) is 25.8 Å². The number of hydrogen-bond donors (Lipinski definition) is 3. The number of unbranched alkanes of at least 4 members (excludes halogenated alkanes) is 2.